The Labute approximate surface area is 139 Å². The van der Waals surface area contributed by atoms with Crippen molar-refractivity contribution in [2.24, 2.45) is 17.3 Å². The lowest BCUT2D eigenvalue weighted by atomic mass is 9.57. The molecule has 3 atom stereocenters. The molecule has 0 heterocycles. The molecule has 4 rings (SSSR count). The van der Waals surface area contributed by atoms with Crippen molar-refractivity contribution in [2.45, 2.75) is 64.1 Å². The Kier molecular flexibility index (Phi) is 3.58. The second kappa shape index (κ2) is 5.29. The van der Waals surface area contributed by atoms with Gasteiger partial charge in [-0.1, -0.05) is 12.5 Å². The molecule has 2 saturated carbocycles. The molecule has 0 aromatic carbocycles. The van der Waals surface area contributed by atoms with E-state index in [4.69, 9.17) is 9.47 Å². The summed E-state index contributed by atoms with van der Waals surface area (Å²) in [6.07, 6.45) is 10.6. The van der Waals surface area contributed by atoms with Gasteiger partial charge in [-0.2, -0.15) is 0 Å². The van der Waals surface area contributed by atoms with Crippen molar-refractivity contribution in [3.05, 3.63) is 22.8 Å². The van der Waals surface area contributed by atoms with Gasteiger partial charge in [0.1, 0.15) is 5.78 Å². The molecule has 0 saturated heterocycles. The first-order valence-electron chi connectivity index (χ1n) is 9.10. The van der Waals surface area contributed by atoms with E-state index in [0.29, 0.717) is 17.6 Å². The molecule has 23 heavy (non-hydrogen) atoms. The number of hydrogen-bond acceptors (Lipinski definition) is 3. The van der Waals surface area contributed by atoms with Crippen molar-refractivity contribution >= 4 is 5.78 Å². The summed E-state index contributed by atoms with van der Waals surface area (Å²) in [5, 5.41) is 0. The molecule has 3 nitrogen and oxygen atoms in total. The highest BCUT2D eigenvalue weighted by atomic mass is 16.7. The molecule has 4 aliphatic carbocycles. The lowest BCUT2D eigenvalue weighted by molar-refractivity contribution is -0.176. The van der Waals surface area contributed by atoms with Gasteiger partial charge in [-0.05, 0) is 67.6 Å². The monoisotopic (exact) mass is 316 g/mol. The standard InChI is InChI=1S/C20H28O3/c1-19-10-8-15-14-9-11-20(22-2,23-3)12-13(14)4-5-16(15)17(19)6-7-18(19)21/h12,16-17H,4-11H2,1-3H3/t16-,17+,19+/m1/s1. The highest BCUT2D eigenvalue weighted by molar-refractivity contribution is 5.87. The molecular formula is C20H28O3. The van der Waals surface area contributed by atoms with E-state index < -0.39 is 5.79 Å². The summed E-state index contributed by atoms with van der Waals surface area (Å²) in [7, 11) is 3.47. The first kappa shape index (κ1) is 15.6. The highest BCUT2D eigenvalue weighted by Crippen LogP contribution is 2.59. The molecule has 0 aliphatic heterocycles. The van der Waals surface area contributed by atoms with Crippen LogP contribution >= 0.6 is 0 Å². The van der Waals surface area contributed by atoms with Gasteiger partial charge in [0.15, 0.2) is 5.79 Å². The number of hydrogen-bond donors (Lipinski definition) is 0. The van der Waals surface area contributed by atoms with Gasteiger partial charge in [0, 0.05) is 32.5 Å². The minimum Gasteiger partial charge on any atom is -0.350 e. The number of carbonyl (C=O) groups excluding carboxylic acids is 1. The molecule has 0 spiro atoms. The van der Waals surface area contributed by atoms with Gasteiger partial charge in [-0.25, -0.2) is 0 Å². The van der Waals surface area contributed by atoms with E-state index in [1.807, 2.05) is 0 Å². The predicted molar refractivity (Wildman–Crippen MR) is 88.9 cm³/mol. The van der Waals surface area contributed by atoms with Gasteiger partial charge in [0.2, 0.25) is 0 Å². The zero-order chi connectivity index (χ0) is 16.2. The fraction of sp³-hybridized carbons (Fsp3) is 0.750. The van der Waals surface area contributed by atoms with Crippen LogP contribution in [0.4, 0.5) is 0 Å². The fourth-order valence-electron chi connectivity index (χ4n) is 5.83. The number of allylic oxidation sites excluding steroid dienone is 3. The third-order valence-corrected chi connectivity index (χ3v) is 7.29. The topological polar surface area (TPSA) is 35.5 Å². The van der Waals surface area contributed by atoms with Crippen molar-refractivity contribution in [1.29, 1.82) is 0 Å². The predicted octanol–water partition coefficient (Wildman–Crippen LogP) is 4.18. The minimum absolute atomic E-state index is 0.0343. The van der Waals surface area contributed by atoms with Crippen LogP contribution < -0.4 is 0 Å². The molecule has 3 heteroatoms. The minimum atomic E-state index is -0.529. The van der Waals surface area contributed by atoms with Gasteiger partial charge < -0.3 is 9.47 Å². The third-order valence-electron chi connectivity index (χ3n) is 7.29. The van der Waals surface area contributed by atoms with Crippen LogP contribution in [0.15, 0.2) is 22.8 Å². The Morgan fingerprint density at radius 3 is 2.57 bits per heavy atom. The quantitative estimate of drug-likeness (QED) is 0.717. The van der Waals surface area contributed by atoms with E-state index in [0.717, 1.165) is 44.9 Å². The number of fused-ring (bicyclic) bond motifs is 4. The van der Waals surface area contributed by atoms with E-state index in [2.05, 4.69) is 13.0 Å². The lowest BCUT2D eigenvalue weighted by Gasteiger charge is -2.47. The smallest absolute Gasteiger partial charge is 0.188 e. The second-order valence-electron chi connectivity index (χ2n) is 8.02. The number of ketones is 1. The Hall–Kier alpha value is -0.930. The third kappa shape index (κ3) is 2.12. The highest BCUT2D eigenvalue weighted by Gasteiger charge is 2.53. The summed E-state index contributed by atoms with van der Waals surface area (Å²) < 4.78 is 11.3. The Bertz CT molecular complexity index is 596. The van der Waals surface area contributed by atoms with E-state index >= 15 is 0 Å². The van der Waals surface area contributed by atoms with E-state index in [-0.39, 0.29) is 5.41 Å². The Morgan fingerprint density at radius 2 is 1.83 bits per heavy atom. The molecule has 0 amide bonds. The zero-order valence-electron chi connectivity index (χ0n) is 14.6. The van der Waals surface area contributed by atoms with Gasteiger partial charge in [-0.3, -0.25) is 4.79 Å². The van der Waals surface area contributed by atoms with Crippen LogP contribution in [0, 0.1) is 17.3 Å². The average Bonchev–Trinajstić information content (AvgIpc) is 2.89. The molecule has 0 aromatic rings. The zero-order valence-corrected chi connectivity index (χ0v) is 14.6. The molecule has 0 radical (unpaired) electrons. The normalized spacial score (nSPS) is 38.7. The largest absolute Gasteiger partial charge is 0.350 e. The molecule has 0 N–H and O–H groups in total. The molecule has 4 aliphatic rings. The first-order valence-corrected chi connectivity index (χ1v) is 9.10. The lowest BCUT2D eigenvalue weighted by Crippen LogP contribution is -2.41. The van der Waals surface area contributed by atoms with Crippen molar-refractivity contribution in [3.63, 3.8) is 0 Å². The summed E-state index contributed by atoms with van der Waals surface area (Å²) in [5.74, 6) is 1.22. The van der Waals surface area contributed by atoms with Crippen molar-refractivity contribution < 1.29 is 14.3 Å². The average molecular weight is 316 g/mol. The SMILES string of the molecule is COC1(OC)C=C2CC[C@@H]3C(=C2CC1)CC[C@]1(C)C(=O)CC[C@@H]31. The van der Waals surface area contributed by atoms with Gasteiger partial charge in [0.05, 0.1) is 0 Å². The van der Waals surface area contributed by atoms with Crippen LogP contribution in [0.5, 0.6) is 0 Å². The first-order chi connectivity index (χ1) is 11.0. The van der Waals surface area contributed by atoms with Crippen LogP contribution in [0.1, 0.15) is 58.3 Å². The van der Waals surface area contributed by atoms with Gasteiger partial charge >= 0.3 is 0 Å². The molecule has 126 valence electrons. The van der Waals surface area contributed by atoms with E-state index in [9.17, 15) is 4.79 Å². The fourth-order valence-corrected chi connectivity index (χ4v) is 5.83. The van der Waals surface area contributed by atoms with Crippen molar-refractivity contribution in [2.75, 3.05) is 14.2 Å². The number of ether oxygens (including phenoxy) is 2. The summed E-state index contributed by atoms with van der Waals surface area (Å²) in [5.41, 5.74) is 4.65. The number of Topliss-reactive ketones (excluding diaryl/α,β-unsaturated/α-hetero) is 1. The van der Waals surface area contributed by atoms with Gasteiger partial charge in [-0.15, -0.1) is 0 Å². The van der Waals surface area contributed by atoms with Crippen LogP contribution in [0.25, 0.3) is 0 Å². The summed E-state index contributed by atoms with van der Waals surface area (Å²) in [6.45, 7) is 2.24. The molecular weight excluding hydrogens is 288 g/mol. The summed E-state index contributed by atoms with van der Waals surface area (Å²) in [6, 6.07) is 0. The molecule has 2 fully saturated rings. The number of rotatable bonds is 2. The maximum atomic E-state index is 12.4. The van der Waals surface area contributed by atoms with Gasteiger partial charge in [0.25, 0.3) is 0 Å². The van der Waals surface area contributed by atoms with Crippen LogP contribution in [-0.4, -0.2) is 25.8 Å². The van der Waals surface area contributed by atoms with Crippen molar-refractivity contribution in [1.82, 2.24) is 0 Å². The molecule has 0 bridgehead atoms. The van der Waals surface area contributed by atoms with E-state index in [1.54, 1.807) is 25.4 Å². The number of methoxy groups -OCH3 is 2. The number of carbonyl (C=O) groups is 1. The Morgan fingerprint density at radius 1 is 1.04 bits per heavy atom. The maximum Gasteiger partial charge on any atom is 0.188 e. The molecule has 0 aromatic heterocycles. The Balaban J connectivity index is 1.71. The van der Waals surface area contributed by atoms with Crippen molar-refractivity contribution in [3.8, 4) is 0 Å². The van der Waals surface area contributed by atoms with Crippen LogP contribution in [0.2, 0.25) is 0 Å². The summed E-state index contributed by atoms with van der Waals surface area (Å²) in [4.78, 5) is 12.4. The maximum absolute atomic E-state index is 12.4. The van der Waals surface area contributed by atoms with Crippen LogP contribution in [0.3, 0.4) is 0 Å². The summed E-state index contributed by atoms with van der Waals surface area (Å²) >= 11 is 0. The van der Waals surface area contributed by atoms with E-state index in [1.165, 1.54) is 12.0 Å². The second-order valence-corrected chi connectivity index (χ2v) is 8.02. The molecule has 0 unspecified atom stereocenters. The van der Waals surface area contributed by atoms with Crippen LogP contribution in [-0.2, 0) is 14.3 Å².